The minimum absolute atomic E-state index is 0.495. The second-order valence-electron chi connectivity index (χ2n) is 4.43. The number of carbonyl (C=O) groups excluding carboxylic acids is 1. The van der Waals surface area contributed by atoms with Gasteiger partial charge in [0, 0.05) is 0 Å². The number of ether oxygens (including phenoxy) is 1. The second kappa shape index (κ2) is 4.34. The van der Waals surface area contributed by atoms with Gasteiger partial charge in [-0.1, -0.05) is 17.7 Å². The van der Waals surface area contributed by atoms with Crippen molar-refractivity contribution in [1.82, 2.24) is 5.32 Å². The Kier molecular flexibility index (Phi) is 3.35. The molecule has 1 aromatic carbocycles. The highest BCUT2D eigenvalue weighted by atomic mass is 16.6. The maximum atomic E-state index is 11.3. The summed E-state index contributed by atoms with van der Waals surface area (Å²) >= 11 is 0. The van der Waals surface area contributed by atoms with Crippen LogP contribution in [0.1, 0.15) is 26.3 Å². The molecule has 1 aromatic rings. The fourth-order valence-electron chi connectivity index (χ4n) is 1.01. The molecule has 0 bridgehead atoms. The van der Waals surface area contributed by atoms with Gasteiger partial charge in [-0.25, -0.2) is 4.79 Å². The molecule has 1 rings (SSSR count). The number of hydrogen-bond donors (Lipinski definition) is 0. The molecule has 0 unspecified atom stereocenters. The lowest BCUT2D eigenvalue weighted by Gasteiger charge is -2.18. The summed E-state index contributed by atoms with van der Waals surface area (Å²) < 4.78 is 5.07. The van der Waals surface area contributed by atoms with Crippen LogP contribution in [-0.4, -0.2) is 11.7 Å². The van der Waals surface area contributed by atoms with Crippen molar-refractivity contribution in [3.63, 3.8) is 0 Å². The quantitative estimate of drug-likeness (QED) is 0.708. The van der Waals surface area contributed by atoms with E-state index in [2.05, 4.69) is 5.32 Å². The van der Waals surface area contributed by atoms with Gasteiger partial charge in [-0.2, -0.15) is 5.32 Å². The van der Waals surface area contributed by atoms with Gasteiger partial charge in [0.1, 0.15) is 5.60 Å². The highest BCUT2D eigenvalue weighted by molar-refractivity contribution is 5.73. The molecule has 0 saturated carbocycles. The maximum Gasteiger partial charge on any atom is 0.434 e. The van der Waals surface area contributed by atoms with Crippen LogP contribution >= 0.6 is 0 Å². The van der Waals surface area contributed by atoms with Gasteiger partial charge in [0.2, 0.25) is 0 Å². The molecule has 1 amide bonds. The molecule has 0 fully saturated rings. The van der Waals surface area contributed by atoms with Gasteiger partial charge in [0.15, 0.2) is 0 Å². The van der Waals surface area contributed by atoms with Crippen molar-refractivity contribution in [2.45, 2.75) is 33.3 Å². The van der Waals surface area contributed by atoms with E-state index in [9.17, 15) is 4.79 Å². The third kappa shape index (κ3) is 4.49. The van der Waals surface area contributed by atoms with Crippen LogP contribution in [0, 0.1) is 6.92 Å². The van der Waals surface area contributed by atoms with Crippen LogP contribution in [0.15, 0.2) is 24.3 Å². The fourth-order valence-corrected chi connectivity index (χ4v) is 1.01. The van der Waals surface area contributed by atoms with Crippen molar-refractivity contribution in [2.24, 2.45) is 0 Å². The zero-order valence-electron chi connectivity index (χ0n) is 9.57. The summed E-state index contributed by atoms with van der Waals surface area (Å²) in [5, 5.41) is 3.82. The monoisotopic (exact) mass is 206 g/mol. The first-order valence-corrected chi connectivity index (χ1v) is 4.88. The lowest BCUT2D eigenvalue weighted by molar-refractivity contribution is 0.0550. The lowest BCUT2D eigenvalue weighted by Crippen LogP contribution is -2.26. The Hall–Kier alpha value is -1.51. The highest BCUT2D eigenvalue weighted by Crippen LogP contribution is 2.12. The molecule has 3 heteroatoms. The van der Waals surface area contributed by atoms with Crippen molar-refractivity contribution >= 4 is 11.8 Å². The number of benzene rings is 1. The normalized spacial score (nSPS) is 10.9. The van der Waals surface area contributed by atoms with Crippen LogP contribution in [0.4, 0.5) is 10.5 Å². The first-order chi connectivity index (χ1) is 6.87. The van der Waals surface area contributed by atoms with E-state index in [-0.39, 0.29) is 0 Å². The number of hydrogen-bond acceptors (Lipinski definition) is 2. The third-order valence-corrected chi connectivity index (χ3v) is 1.65. The van der Waals surface area contributed by atoms with Crippen molar-refractivity contribution < 1.29 is 9.53 Å². The van der Waals surface area contributed by atoms with E-state index in [0.29, 0.717) is 5.69 Å². The molecule has 0 spiro atoms. The molecule has 0 aliphatic rings. The summed E-state index contributed by atoms with van der Waals surface area (Å²) in [5.41, 5.74) is 1.26. The Morgan fingerprint density at radius 1 is 1.20 bits per heavy atom. The van der Waals surface area contributed by atoms with Gasteiger partial charge >= 0.3 is 6.09 Å². The molecule has 0 N–H and O–H groups in total. The van der Waals surface area contributed by atoms with E-state index in [1.807, 2.05) is 39.8 Å². The number of carbonyl (C=O) groups is 1. The molecule has 0 saturated heterocycles. The van der Waals surface area contributed by atoms with Gasteiger partial charge in [-0.3, -0.25) is 0 Å². The van der Waals surface area contributed by atoms with Crippen LogP contribution < -0.4 is 5.32 Å². The van der Waals surface area contributed by atoms with E-state index in [1.165, 1.54) is 0 Å². The minimum atomic E-state index is -0.550. The third-order valence-electron chi connectivity index (χ3n) is 1.65. The fraction of sp³-hybridized carbons (Fsp3) is 0.417. The summed E-state index contributed by atoms with van der Waals surface area (Å²) in [6.45, 7) is 7.43. The molecular weight excluding hydrogens is 190 g/mol. The van der Waals surface area contributed by atoms with Gasteiger partial charge in [0.05, 0.1) is 5.69 Å². The molecule has 0 heterocycles. The first kappa shape index (κ1) is 11.6. The lowest BCUT2D eigenvalue weighted by atomic mass is 10.2. The van der Waals surface area contributed by atoms with Gasteiger partial charge in [-0.15, -0.1) is 0 Å². The van der Waals surface area contributed by atoms with Gasteiger partial charge < -0.3 is 4.74 Å². The zero-order chi connectivity index (χ0) is 11.5. The Bertz CT molecular complexity index is 336. The smallest absolute Gasteiger partial charge is 0.434 e. The summed E-state index contributed by atoms with van der Waals surface area (Å²) in [7, 11) is 0. The average molecular weight is 206 g/mol. The molecule has 0 atom stereocenters. The topological polar surface area (TPSA) is 40.4 Å². The minimum Gasteiger partial charge on any atom is -0.442 e. The van der Waals surface area contributed by atoms with Gasteiger partial charge in [0.25, 0.3) is 0 Å². The standard InChI is InChI=1S/C12H16NO2/c1-9-5-7-10(8-6-9)13-11(14)15-12(2,3)4/h5-8H,1-4H3. The van der Waals surface area contributed by atoms with Crippen molar-refractivity contribution in [1.29, 1.82) is 0 Å². The van der Waals surface area contributed by atoms with E-state index < -0.39 is 11.7 Å². The number of amides is 1. The Morgan fingerprint density at radius 3 is 2.20 bits per heavy atom. The Balaban J connectivity index is 2.55. The molecule has 0 aliphatic carbocycles. The molecule has 81 valence electrons. The number of rotatable bonds is 1. The largest absolute Gasteiger partial charge is 0.442 e. The number of aryl methyl sites for hydroxylation is 1. The summed E-state index contributed by atoms with van der Waals surface area (Å²) in [5.74, 6) is 0. The summed E-state index contributed by atoms with van der Waals surface area (Å²) in [6.07, 6.45) is -0.550. The molecule has 0 aromatic heterocycles. The first-order valence-electron chi connectivity index (χ1n) is 4.88. The van der Waals surface area contributed by atoms with E-state index >= 15 is 0 Å². The summed E-state index contributed by atoms with van der Waals surface area (Å²) in [6, 6.07) is 7.39. The van der Waals surface area contributed by atoms with E-state index in [1.54, 1.807) is 12.1 Å². The average Bonchev–Trinajstić information content (AvgIpc) is 2.05. The zero-order valence-corrected chi connectivity index (χ0v) is 9.57. The Morgan fingerprint density at radius 2 is 1.73 bits per heavy atom. The molecular formula is C12H16NO2. The van der Waals surface area contributed by atoms with Crippen molar-refractivity contribution in [3.8, 4) is 0 Å². The summed E-state index contributed by atoms with van der Waals surface area (Å²) in [4.78, 5) is 11.3. The molecule has 3 nitrogen and oxygen atoms in total. The predicted octanol–water partition coefficient (Wildman–Crippen LogP) is 3.17. The Labute approximate surface area is 90.4 Å². The maximum absolute atomic E-state index is 11.3. The highest BCUT2D eigenvalue weighted by Gasteiger charge is 2.17. The van der Waals surface area contributed by atoms with Crippen LogP contribution in [-0.2, 0) is 4.74 Å². The van der Waals surface area contributed by atoms with Crippen LogP contribution in [0.25, 0.3) is 0 Å². The van der Waals surface area contributed by atoms with Crippen LogP contribution in [0.3, 0.4) is 0 Å². The molecule has 15 heavy (non-hydrogen) atoms. The SMILES string of the molecule is Cc1ccc([N]C(=O)OC(C)(C)C)cc1. The van der Waals surface area contributed by atoms with E-state index in [0.717, 1.165) is 5.56 Å². The van der Waals surface area contributed by atoms with E-state index in [4.69, 9.17) is 4.74 Å². The van der Waals surface area contributed by atoms with Crippen LogP contribution in [0.5, 0.6) is 0 Å². The van der Waals surface area contributed by atoms with Gasteiger partial charge in [-0.05, 0) is 39.8 Å². The molecule has 0 aliphatic heterocycles. The second-order valence-corrected chi connectivity index (χ2v) is 4.43. The molecule has 1 radical (unpaired) electrons. The predicted molar refractivity (Wildman–Crippen MR) is 59.2 cm³/mol. The number of nitrogens with zero attached hydrogens (tertiary/aromatic N) is 1. The van der Waals surface area contributed by atoms with Crippen molar-refractivity contribution in [2.75, 3.05) is 0 Å². The van der Waals surface area contributed by atoms with Crippen molar-refractivity contribution in [3.05, 3.63) is 29.8 Å². The van der Waals surface area contributed by atoms with Crippen LogP contribution in [0.2, 0.25) is 0 Å².